The molecule has 5 heteroatoms. The van der Waals surface area contributed by atoms with E-state index in [1.807, 2.05) is 0 Å². The fourth-order valence-corrected chi connectivity index (χ4v) is 0. The minimum Gasteiger partial charge on any atom is -0.550 e. The summed E-state index contributed by atoms with van der Waals surface area (Å²) in [5.74, 6) is -1.99. The summed E-state index contributed by atoms with van der Waals surface area (Å²) in [7, 11) is 0. The standard InChI is InChI=1S/2C3H6O2.Ti/c2*1-2-3(4)5;/h2*2H2,1H3,(H,4,5);/q;;+4/p-2. The van der Waals surface area contributed by atoms with Crippen LogP contribution in [-0.2, 0) is 31.3 Å². The Balaban J connectivity index is -0.000000107. The Morgan fingerprint density at radius 1 is 1.00 bits per heavy atom. The van der Waals surface area contributed by atoms with Gasteiger partial charge in [-0.2, -0.15) is 0 Å². The van der Waals surface area contributed by atoms with Gasteiger partial charge in [-0.05, 0) is 12.8 Å². The Hall–Kier alpha value is -0.346. The van der Waals surface area contributed by atoms with Crippen molar-refractivity contribution in [1.82, 2.24) is 0 Å². The Morgan fingerprint density at radius 3 is 1.09 bits per heavy atom. The molecule has 0 aromatic carbocycles. The van der Waals surface area contributed by atoms with E-state index < -0.39 is 11.9 Å². The first-order chi connectivity index (χ1) is 4.54. The number of hydrogen-bond donors (Lipinski definition) is 0. The van der Waals surface area contributed by atoms with Crippen molar-refractivity contribution in [2.24, 2.45) is 0 Å². The second-order valence-corrected chi connectivity index (χ2v) is 1.45. The molecule has 0 unspecified atom stereocenters. The molecule has 0 aromatic heterocycles. The molecule has 4 nitrogen and oxygen atoms in total. The molecule has 0 aliphatic carbocycles. The molecule has 60 valence electrons. The molecule has 0 aliphatic rings. The van der Waals surface area contributed by atoms with E-state index in [4.69, 9.17) is 0 Å². The molecule has 0 saturated heterocycles. The zero-order chi connectivity index (χ0) is 8.57. The summed E-state index contributed by atoms with van der Waals surface area (Å²) >= 11 is 0. The molecule has 0 rings (SSSR count). The van der Waals surface area contributed by atoms with E-state index in [1.165, 1.54) is 13.8 Å². The summed E-state index contributed by atoms with van der Waals surface area (Å²) in [6.07, 6.45) is 0.222. The largest absolute Gasteiger partial charge is 4.00 e. The maximum atomic E-state index is 9.26. The average Bonchev–Trinajstić information content (AvgIpc) is 1.89. The molecular formula is C6H10O4Ti+2. The van der Waals surface area contributed by atoms with Crippen molar-refractivity contribution in [2.45, 2.75) is 26.7 Å². The van der Waals surface area contributed by atoms with Gasteiger partial charge in [0, 0.05) is 11.9 Å². The maximum absolute atomic E-state index is 9.26. The Labute approximate surface area is 80.5 Å². The predicted octanol–water partition coefficient (Wildman–Crippen LogP) is -1.71. The molecule has 0 fully saturated rings. The zero-order valence-corrected chi connectivity index (χ0v) is 8.11. The van der Waals surface area contributed by atoms with E-state index >= 15 is 0 Å². The van der Waals surface area contributed by atoms with Gasteiger partial charge >= 0.3 is 21.7 Å². The molecule has 0 heterocycles. The summed E-state index contributed by atoms with van der Waals surface area (Å²) in [5, 5.41) is 18.5. The third-order valence-electron chi connectivity index (χ3n) is 0.577. The minimum atomic E-state index is -0.995. The van der Waals surface area contributed by atoms with Crippen molar-refractivity contribution in [3.8, 4) is 0 Å². The predicted molar refractivity (Wildman–Crippen MR) is 30.6 cm³/mol. The van der Waals surface area contributed by atoms with Crippen LogP contribution in [0.4, 0.5) is 0 Å². The van der Waals surface area contributed by atoms with Gasteiger partial charge in [-0.3, -0.25) is 0 Å². The number of carbonyl (C=O) groups excluding carboxylic acids is 2. The van der Waals surface area contributed by atoms with Gasteiger partial charge in [-0.1, -0.05) is 13.8 Å². The molecule has 0 radical (unpaired) electrons. The number of carboxylic acids is 2. The van der Waals surface area contributed by atoms with Gasteiger partial charge < -0.3 is 19.8 Å². The fourth-order valence-electron chi connectivity index (χ4n) is 0. The van der Waals surface area contributed by atoms with Crippen LogP contribution >= 0.6 is 0 Å². The number of aliphatic carboxylic acids is 2. The Kier molecular flexibility index (Phi) is 19.0. The van der Waals surface area contributed by atoms with E-state index in [9.17, 15) is 19.8 Å². The molecule has 0 spiro atoms. The Bertz CT molecular complexity index is 99.1. The van der Waals surface area contributed by atoms with Crippen molar-refractivity contribution in [3.05, 3.63) is 0 Å². The van der Waals surface area contributed by atoms with E-state index in [-0.39, 0.29) is 34.6 Å². The molecule has 0 amide bonds. The maximum Gasteiger partial charge on any atom is 4.00 e. The number of carboxylic acid groups (broad SMARTS) is 2. The van der Waals surface area contributed by atoms with Crippen LogP contribution < -0.4 is 10.2 Å². The van der Waals surface area contributed by atoms with E-state index in [0.717, 1.165) is 0 Å². The van der Waals surface area contributed by atoms with E-state index in [1.54, 1.807) is 0 Å². The van der Waals surface area contributed by atoms with Crippen LogP contribution in [0.3, 0.4) is 0 Å². The van der Waals surface area contributed by atoms with Crippen molar-refractivity contribution in [3.63, 3.8) is 0 Å². The van der Waals surface area contributed by atoms with Gasteiger partial charge in [0.05, 0.1) is 0 Å². The molecule has 11 heavy (non-hydrogen) atoms. The van der Waals surface area contributed by atoms with Gasteiger partial charge in [-0.25, -0.2) is 0 Å². The quantitative estimate of drug-likeness (QED) is 0.490. The second kappa shape index (κ2) is 12.3. The summed E-state index contributed by atoms with van der Waals surface area (Å²) in [6, 6.07) is 0. The average molecular weight is 194 g/mol. The molecule has 0 aliphatic heterocycles. The molecular weight excluding hydrogens is 184 g/mol. The van der Waals surface area contributed by atoms with Crippen LogP contribution in [0.5, 0.6) is 0 Å². The molecule has 0 atom stereocenters. The fraction of sp³-hybridized carbons (Fsp3) is 0.667. The monoisotopic (exact) mass is 194 g/mol. The van der Waals surface area contributed by atoms with Gasteiger partial charge in [-0.15, -0.1) is 0 Å². The number of rotatable bonds is 2. The molecule has 0 N–H and O–H groups in total. The first kappa shape index (κ1) is 16.9. The minimum absolute atomic E-state index is 0. The van der Waals surface area contributed by atoms with Gasteiger partial charge in [0.2, 0.25) is 0 Å². The van der Waals surface area contributed by atoms with Crippen molar-refractivity contribution in [2.75, 3.05) is 0 Å². The van der Waals surface area contributed by atoms with Gasteiger partial charge in [0.1, 0.15) is 0 Å². The summed E-state index contributed by atoms with van der Waals surface area (Å²) < 4.78 is 0. The van der Waals surface area contributed by atoms with Crippen LogP contribution in [0.2, 0.25) is 0 Å². The van der Waals surface area contributed by atoms with Crippen LogP contribution in [0.15, 0.2) is 0 Å². The topological polar surface area (TPSA) is 80.3 Å². The first-order valence-electron chi connectivity index (χ1n) is 2.94. The normalized spacial score (nSPS) is 6.73. The third kappa shape index (κ3) is 42.4. The smallest absolute Gasteiger partial charge is 0.550 e. The molecule has 0 bridgehead atoms. The van der Waals surface area contributed by atoms with Gasteiger partial charge in [0.25, 0.3) is 0 Å². The first-order valence-corrected chi connectivity index (χ1v) is 2.94. The van der Waals surface area contributed by atoms with Crippen molar-refractivity contribution in [1.29, 1.82) is 0 Å². The van der Waals surface area contributed by atoms with Crippen molar-refractivity contribution < 1.29 is 41.5 Å². The number of carbonyl (C=O) groups is 2. The molecule has 0 aromatic rings. The van der Waals surface area contributed by atoms with Crippen molar-refractivity contribution >= 4 is 11.9 Å². The van der Waals surface area contributed by atoms with Crippen LogP contribution in [-0.4, -0.2) is 11.9 Å². The van der Waals surface area contributed by atoms with Crippen LogP contribution in [0.25, 0.3) is 0 Å². The second-order valence-electron chi connectivity index (χ2n) is 1.45. The summed E-state index contributed by atoms with van der Waals surface area (Å²) in [5.41, 5.74) is 0. The number of hydrogen-bond acceptors (Lipinski definition) is 4. The Morgan fingerprint density at radius 2 is 1.09 bits per heavy atom. The van der Waals surface area contributed by atoms with Gasteiger partial charge in [0.15, 0.2) is 0 Å². The third-order valence-corrected chi connectivity index (χ3v) is 0.577. The SMILES string of the molecule is CCC(=O)[O-].CCC(=O)[O-].[Ti+4]. The summed E-state index contributed by atoms with van der Waals surface area (Å²) in [4.78, 5) is 18.5. The zero-order valence-electron chi connectivity index (χ0n) is 6.55. The molecule has 0 saturated carbocycles. The van der Waals surface area contributed by atoms with E-state index in [2.05, 4.69) is 0 Å². The van der Waals surface area contributed by atoms with Crippen LogP contribution in [0, 0.1) is 0 Å². The van der Waals surface area contributed by atoms with E-state index in [0.29, 0.717) is 0 Å². The summed E-state index contributed by atoms with van der Waals surface area (Å²) in [6.45, 7) is 3.07. The van der Waals surface area contributed by atoms with Crippen LogP contribution in [0.1, 0.15) is 26.7 Å².